The Morgan fingerprint density at radius 2 is 2.00 bits per heavy atom. The summed E-state index contributed by atoms with van der Waals surface area (Å²) >= 11 is 5.49. The van der Waals surface area contributed by atoms with E-state index in [1.54, 1.807) is 0 Å². The summed E-state index contributed by atoms with van der Waals surface area (Å²) in [7, 11) is 0. The standard InChI is InChI=1S/C7H5ClO3.Li.H/c8-4-1-2-6(9)5(3-4)7(10)11;;/h1-3,9H,(H,10,11);;. The second-order valence-corrected chi connectivity index (χ2v) is 2.40. The van der Waals surface area contributed by atoms with E-state index in [9.17, 15) is 4.79 Å². The monoisotopic (exact) mass is 180 g/mol. The fraction of sp³-hybridized carbons (Fsp3) is 0. The SMILES string of the molecule is O=C(O)c1cc(Cl)ccc1O.[LiH]. The molecule has 2 N–H and O–H groups in total. The van der Waals surface area contributed by atoms with Crippen LogP contribution in [0.4, 0.5) is 0 Å². The first-order valence-corrected chi connectivity index (χ1v) is 3.21. The molecule has 0 radical (unpaired) electrons. The van der Waals surface area contributed by atoms with Crippen molar-refractivity contribution >= 4 is 36.4 Å². The molecule has 0 spiro atoms. The van der Waals surface area contributed by atoms with Crippen molar-refractivity contribution in [2.24, 2.45) is 0 Å². The first kappa shape index (κ1) is 11.4. The Morgan fingerprint density at radius 1 is 1.42 bits per heavy atom. The average Bonchev–Trinajstić information content (AvgIpc) is 1.94. The van der Waals surface area contributed by atoms with Crippen molar-refractivity contribution in [3.05, 3.63) is 28.8 Å². The first-order chi connectivity index (χ1) is 5.11. The van der Waals surface area contributed by atoms with Gasteiger partial charge in [-0.3, -0.25) is 0 Å². The number of aromatic carboxylic acids is 1. The second kappa shape index (κ2) is 4.41. The molecule has 0 aromatic heterocycles. The number of phenols is 1. The zero-order chi connectivity index (χ0) is 8.43. The Balaban J connectivity index is 0.00000121. The Bertz CT molecular complexity index is 301. The van der Waals surface area contributed by atoms with Gasteiger partial charge >= 0.3 is 24.8 Å². The molecule has 12 heavy (non-hydrogen) atoms. The van der Waals surface area contributed by atoms with Gasteiger partial charge < -0.3 is 10.2 Å². The van der Waals surface area contributed by atoms with Crippen molar-refractivity contribution in [3.63, 3.8) is 0 Å². The summed E-state index contributed by atoms with van der Waals surface area (Å²) in [5.74, 6) is -1.47. The van der Waals surface area contributed by atoms with Gasteiger partial charge in [-0.2, -0.15) is 0 Å². The number of benzene rings is 1. The van der Waals surface area contributed by atoms with E-state index >= 15 is 0 Å². The van der Waals surface area contributed by atoms with Crippen LogP contribution >= 0.6 is 11.6 Å². The van der Waals surface area contributed by atoms with Crippen LogP contribution < -0.4 is 0 Å². The van der Waals surface area contributed by atoms with E-state index in [0.29, 0.717) is 5.02 Å². The van der Waals surface area contributed by atoms with Gasteiger partial charge in [0, 0.05) is 5.02 Å². The minimum absolute atomic E-state index is 0. The molecule has 0 saturated heterocycles. The van der Waals surface area contributed by atoms with E-state index < -0.39 is 5.97 Å². The van der Waals surface area contributed by atoms with Crippen LogP contribution in [0, 0.1) is 0 Å². The molecule has 0 aliphatic carbocycles. The van der Waals surface area contributed by atoms with Gasteiger partial charge in [0.1, 0.15) is 11.3 Å². The van der Waals surface area contributed by atoms with Crippen LogP contribution in [-0.2, 0) is 0 Å². The molecule has 0 amide bonds. The van der Waals surface area contributed by atoms with Crippen LogP contribution in [0.2, 0.25) is 5.02 Å². The van der Waals surface area contributed by atoms with Crippen molar-refractivity contribution in [1.29, 1.82) is 0 Å². The molecule has 1 rings (SSSR count). The van der Waals surface area contributed by atoms with Crippen LogP contribution in [0.1, 0.15) is 10.4 Å². The number of hydrogen-bond donors (Lipinski definition) is 2. The number of halogens is 1. The zero-order valence-corrected chi connectivity index (χ0v) is 6.17. The molecule has 0 atom stereocenters. The van der Waals surface area contributed by atoms with E-state index in [4.69, 9.17) is 21.8 Å². The van der Waals surface area contributed by atoms with Gasteiger partial charge in [0.05, 0.1) is 0 Å². The molecule has 60 valence electrons. The molecule has 3 nitrogen and oxygen atoms in total. The van der Waals surface area contributed by atoms with Crippen LogP contribution in [0.3, 0.4) is 0 Å². The molecule has 0 bridgehead atoms. The summed E-state index contributed by atoms with van der Waals surface area (Å²) in [5, 5.41) is 17.7. The third-order valence-electron chi connectivity index (χ3n) is 1.19. The molecule has 5 heteroatoms. The van der Waals surface area contributed by atoms with Crippen molar-refractivity contribution in [3.8, 4) is 5.75 Å². The Kier molecular flexibility index (Phi) is 4.19. The second-order valence-electron chi connectivity index (χ2n) is 1.97. The van der Waals surface area contributed by atoms with Gasteiger partial charge in [-0.05, 0) is 18.2 Å². The number of carboxylic acids is 1. The molecule has 0 unspecified atom stereocenters. The predicted octanol–water partition coefficient (Wildman–Crippen LogP) is 1.10. The minimum atomic E-state index is -1.19. The van der Waals surface area contributed by atoms with Crippen molar-refractivity contribution in [2.45, 2.75) is 0 Å². The fourth-order valence-electron chi connectivity index (χ4n) is 0.680. The third-order valence-corrected chi connectivity index (χ3v) is 1.42. The number of aromatic hydroxyl groups is 1. The van der Waals surface area contributed by atoms with Crippen LogP contribution in [0.5, 0.6) is 5.75 Å². The van der Waals surface area contributed by atoms with E-state index in [2.05, 4.69) is 0 Å². The average molecular weight is 181 g/mol. The molecule has 1 aromatic carbocycles. The molecule has 0 aliphatic heterocycles. The Hall–Kier alpha value is -0.623. The summed E-state index contributed by atoms with van der Waals surface area (Å²) in [5.41, 5.74) is -0.183. The molecule has 0 saturated carbocycles. The summed E-state index contributed by atoms with van der Waals surface area (Å²) in [6.45, 7) is 0. The maximum absolute atomic E-state index is 10.4. The van der Waals surface area contributed by atoms with E-state index in [-0.39, 0.29) is 30.2 Å². The maximum atomic E-state index is 10.4. The summed E-state index contributed by atoms with van der Waals surface area (Å²) in [6.07, 6.45) is 0. The van der Waals surface area contributed by atoms with Gasteiger partial charge in [-0.15, -0.1) is 0 Å². The van der Waals surface area contributed by atoms with E-state index in [0.717, 1.165) is 0 Å². The van der Waals surface area contributed by atoms with E-state index in [1.165, 1.54) is 18.2 Å². The van der Waals surface area contributed by atoms with Gasteiger partial charge in [-0.1, -0.05) is 11.6 Å². The van der Waals surface area contributed by atoms with E-state index in [1.807, 2.05) is 0 Å². The third kappa shape index (κ3) is 2.45. The molecule has 0 heterocycles. The summed E-state index contributed by atoms with van der Waals surface area (Å²) < 4.78 is 0. The zero-order valence-electron chi connectivity index (χ0n) is 5.41. The van der Waals surface area contributed by atoms with Gasteiger partial charge in [0.25, 0.3) is 0 Å². The normalized spacial score (nSPS) is 8.75. The number of carbonyl (C=O) groups is 1. The number of rotatable bonds is 1. The quantitative estimate of drug-likeness (QED) is 0.636. The molecular weight excluding hydrogens is 174 g/mol. The summed E-state index contributed by atoms with van der Waals surface area (Å²) in [4.78, 5) is 10.4. The Morgan fingerprint density at radius 3 is 2.42 bits per heavy atom. The van der Waals surface area contributed by atoms with Crippen molar-refractivity contribution < 1.29 is 15.0 Å². The molecule has 0 aliphatic rings. The topological polar surface area (TPSA) is 57.5 Å². The van der Waals surface area contributed by atoms with Gasteiger partial charge in [0.15, 0.2) is 0 Å². The number of carboxylic acid groups (broad SMARTS) is 1. The molecule has 1 aromatic rings. The Labute approximate surface area is 86.1 Å². The summed E-state index contributed by atoms with van der Waals surface area (Å²) in [6, 6.07) is 3.86. The van der Waals surface area contributed by atoms with Crippen molar-refractivity contribution in [1.82, 2.24) is 0 Å². The van der Waals surface area contributed by atoms with Gasteiger partial charge in [0.2, 0.25) is 0 Å². The van der Waals surface area contributed by atoms with Crippen LogP contribution in [0.25, 0.3) is 0 Å². The fourth-order valence-corrected chi connectivity index (χ4v) is 0.852. The predicted molar refractivity (Wildman–Crippen MR) is 47.2 cm³/mol. The first-order valence-electron chi connectivity index (χ1n) is 2.83. The number of hydrogen-bond acceptors (Lipinski definition) is 2. The van der Waals surface area contributed by atoms with Crippen LogP contribution in [0.15, 0.2) is 18.2 Å². The van der Waals surface area contributed by atoms with Crippen molar-refractivity contribution in [2.75, 3.05) is 0 Å². The molecule has 0 fully saturated rings. The van der Waals surface area contributed by atoms with Gasteiger partial charge in [-0.25, -0.2) is 4.79 Å². The molecular formula is C7H6ClLiO3. The van der Waals surface area contributed by atoms with Crippen LogP contribution in [-0.4, -0.2) is 35.0 Å².